The SMILES string of the molecule is COc1ccc(NC(=O)c2ccc(Oc3ccc4c(ccn4CCCN(C)C)c3)cc2)cc1. The fraction of sp³-hybridized carbons (Fsp3) is 0.222. The first kappa shape index (κ1) is 22.4. The highest BCUT2D eigenvalue weighted by molar-refractivity contribution is 6.04. The van der Waals surface area contributed by atoms with E-state index in [1.807, 2.05) is 12.1 Å². The lowest BCUT2D eigenvalue weighted by molar-refractivity contribution is 0.102. The van der Waals surface area contributed by atoms with E-state index in [9.17, 15) is 4.79 Å². The zero-order valence-corrected chi connectivity index (χ0v) is 19.2. The van der Waals surface area contributed by atoms with Crippen molar-refractivity contribution >= 4 is 22.5 Å². The van der Waals surface area contributed by atoms with Crippen molar-refractivity contribution in [2.24, 2.45) is 0 Å². The Kier molecular flexibility index (Phi) is 6.95. The first-order valence-corrected chi connectivity index (χ1v) is 11.0. The van der Waals surface area contributed by atoms with Gasteiger partial charge in [-0.15, -0.1) is 0 Å². The maximum absolute atomic E-state index is 12.5. The molecular weight excluding hydrogens is 414 g/mol. The van der Waals surface area contributed by atoms with Crippen LogP contribution in [0.3, 0.4) is 0 Å². The topological polar surface area (TPSA) is 55.7 Å². The van der Waals surface area contributed by atoms with Crippen molar-refractivity contribution in [3.05, 3.63) is 84.6 Å². The zero-order chi connectivity index (χ0) is 23.2. The largest absolute Gasteiger partial charge is 0.497 e. The van der Waals surface area contributed by atoms with Crippen molar-refractivity contribution in [1.82, 2.24) is 9.47 Å². The van der Waals surface area contributed by atoms with Crippen LogP contribution in [0.1, 0.15) is 16.8 Å². The number of nitrogens with one attached hydrogen (secondary N) is 1. The highest BCUT2D eigenvalue weighted by Crippen LogP contribution is 2.27. The fourth-order valence-electron chi connectivity index (χ4n) is 3.68. The lowest BCUT2D eigenvalue weighted by atomic mass is 10.2. The molecule has 170 valence electrons. The molecule has 0 bridgehead atoms. The van der Waals surface area contributed by atoms with Crippen LogP contribution in [0, 0.1) is 0 Å². The maximum Gasteiger partial charge on any atom is 0.255 e. The summed E-state index contributed by atoms with van der Waals surface area (Å²) in [6, 6.07) is 22.6. The number of methoxy groups -OCH3 is 1. The van der Waals surface area contributed by atoms with E-state index in [4.69, 9.17) is 9.47 Å². The predicted octanol–water partition coefficient (Wildman–Crippen LogP) is 5.65. The minimum Gasteiger partial charge on any atom is -0.497 e. The van der Waals surface area contributed by atoms with E-state index in [1.165, 1.54) is 5.52 Å². The van der Waals surface area contributed by atoms with Crippen LogP contribution < -0.4 is 14.8 Å². The Morgan fingerprint density at radius 3 is 2.30 bits per heavy atom. The lowest BCUT2D eigenvalue weighted by Crippen LogP contribution is -2.14. The van der Waals surface area contributed by atoms with Crippen LogP contribution >= 0.6 is 0 Å². The second-order valence-corrected chi connectivity index (χ2v) is 8.20. The number of amides is 1. The van der Waals surface area contributed by atoms with E-state index in [1.54, 1.807) is 55.6 Å². The van der Waals surface area contributed by atoms with E-state index in [0.717, 1.165) is 36.4 Å². The average molecular weight is 444 g/mol. The van der Waals surface area contributed by atoms with Gasteiger partial charge in [0.1, 0.15) is 17.2 Å². The Bertz CT molecular complexity index is 1210. The average Bonchev–Trinajstić information content (AvgIpc) is 3.22. The molecule has 1 heterocycles. The molecule has 0 saturated heterocycles. The third-order valence-corrected chi connectivity index (χ3v) is 5.45. The Balaban J connectivity index is 1.38. The van der Waals surface area contributed by atoms with Crippen LogP contribution in [0.4, 0.5) is 5.69 Å². The molecule has 1 aromatic heterocycles. The molecule has 0 radical (unpaired) electrons. The van der Waals surface area contributed by atoms with Crippen molar-refractivity contribution in [2.75, 3.05) is 33.1 Å². The third kappa shape index (κ3) is 5.73. The molecule has 6 nitrogen and oxygen atoms in total. The van der Waals surface area contributed by atoms with E-state index in [0.29, 0.717) is 17.0 Å². The molecular formula is C27H29N3O3. The Morgan fingerprint density at radius 1 is 0.909 bits per heavy atom. The monoisotopic (exact) mass is 443 g/mol. The number of benzene rings is 3. The summed E-state index contributed by atoms with van der Waals surface area (Å²) < 4.78 is 13.4. The molecule has 3 aromatic carbocycles. The molecule has 33 heavy (non-hydrogen) atoms. The van der Waals surface area contributed by atoms with Gasteiger partial charge in [0.25, 0.3) is 5.91 Å². The molecule has 0 saturated carbocycles. The highest BCUT2D eigenvalue weighted by Gasteiger charge is 2.08. The molecule has 0 atom stereocenters. The second-order valence-electron chi connectivity index (χ2n) is 8.20. The van der Waals surface area contributed by atoms with Gasteiger partial charge in [0, 0.05) is 34.9 Å². The van der Waals surface area contributed by atoms with Gasteiger partial charge in [-0.1, -0.05) is 0 Å². The molecule has 0 aliphatic heterocycles. The number of carbonyl (C=O) groups excluding carboxylic acids is 1. The molecule has 1 amide bonds. The van der Waals surface area contributed by atoms with E-state index < -0.39 is 0 Å². The first-order chi connectivity index (χ1) is 16.0. The summed E-state index contributed by atoms with van der Waals surface area (Å²) in [5.41, 5.74) is 2.47. The number of anilines is 1. The normalized spacial score (nSPS) is 11.0. The number of nitrogens with zero attached hydrogens (tertiary/aromatic N) is 2. The Labute approximate surface area is 194 Å². The van der Waals surface area contributed by atoms with Gasteiger partial charge in [-0.2, -0.15) is 0 Å². The van der Waals surface area contributed by atoms with Gasteiger partial charge < -0.3 is 24.3 Å². The predicted molar refractivity (Wildman–Crippen MR) is 133 cm³/mol. The molecule has 1 N–H and O–H groups in total. The maximum atomic E-state index is 12.5. The van der Waals surface area contributed by atoms with Crippen molar-refractivity contribution < 1.29 is 14.3 Å². The highest BCUT2D eigenvalue weighted by atomic mass is 16.5. The second kappa shape index (κ2) is 10.2. The van der Waals surface area contributed by atoms with Gasteiger partial charge in [0.05, 0.1) is 7.11 Å². The summed E-state index contributed by atoms with van der Waals surface area (Å²) in [6.45, 7) is 2.05. The van der Waals surface area contributed by atoms with Gasteiger partial charge >= 0.3 is 0 Å². The van der Waals surface area contributed by atoms with Crippen LogP contribution in [-0.4, -0.2) is 43.1 Å². The van der Waals surface area contributed by atoms with Crippen molar-refractivity contribution in [3.63, 3.8) is 0 Å². The standard InChI is InChI=1S/C27H29N3O3/c1-29(2)16-4-17-30-18-15-21-19-25(13-14-26(21)30)33-24-9-5-20(6-10-24)27(31)28-22-7-11-23(32-3)12-8-22/h5-15,18-19H,4,16-17H2,1-3H3,(H,28,31). The number of carbonyl (C=O) groups is 1. The molecule has 0 unspecified atom stereocenters. The number of aromatic nitrogens is 1. The molecule has 0 aliphatic carbocycles. The summed E-state index contributed by atoms with van der Waals surface area (Å²) in [5, 5.41) is 4.03. The van der Waals surface area contributed by atoms with Crippen LogP contribution in [-0.2, 0) is 6.54 Å². The zero-order valence-electron chi connectivity index (χ0n) is 19.2. The van der Waals surface area contributed by atoms with E-state index in [-0.39, 0.29) is 5.91 Å². The molecule has 4 rings (SSSR count). The van der Waals surface area contributed by atoms with Crippen molar-refractivity contribution in [1.29, 1.82) is 0 Å². The summed E-state index contributed by atoms with van der Waals surface area (Å²) in [5.74, 6) is 2.02. The van der Waals surface area contributed by atoms with Gasteiger partial charge in [0.15, 0.2) is 0 Å². The van der Waals surface area contributed by atoms with Crippen molar-refractivity contribution in [2.45, 2.75) is 13.0 Å². The third-order valence-electron chi connectivity index (χ3n) is 5.45. The number of ether oxygens (including phenoxy) is 2. The number of hydrogen-bond donors (Lipinski definition) is 1. The molecule has 0 fully saturated rings. The fourth-order valence-corrected chi connectivity index (χ4v) is 3.68. The van der Waals surface area contributed by atoms with E-state index >= 15 is 0 Å². The summed E-state index contributed by atoms with van der Waals surface area (Å²) in [6.07, 6.45) is 3.23. The summed E-state index contributed by atoms with van der Waals surface area (Å²) >= 11 is 0. The minimum absolute atomic E-state index is 0.177. The lowest BCUT2D eigenvalue weighted by Gasteiger charge is -2.11. The summed E-state index contributed by atoms with van der Waals surface area (Å²) in [4.78, 5) is 14.7. The van der Waals surface area contributed by atoms with Crippen LogP contribution in [0.5, 0.6) is 17.2 Å². The van der Waals surface area contributed by atoms with Crippen LogP contribution in [0.15, 0.2) is 79.0 Å². The smallest absolute Gasteiger partial charge is 0.255 e. The molecule has 6 heteroatoms. The number of hydrogen-bond acceptors (Lipinski definition) is 4. The molecule has 4 aromatic rings. The number of rotatable bonds is 9. The Morgan fingerprint density at radius 2 is 1.61 bits per heavy atom. The van der Waals surface area contributed by atoms with Gasteiger partial charge in [-0.25, -0.2) is 0 Å². The molecule has 0 spiro atoms. The first-order valence-electron chi connectivity index (χ1n) is 11.0. The van der Waals surface area contributed by atoms with Crippen LogP contribution in [0.25, 0.3) is 10.9 Å². The van der Waals surface area contributed by atoms with Crippen LogP contribution in [0.2, 0.25) is 0 Å². The quantitative estimate of drug-likeness (QED) is 0.363. The number of aryl methyl sites for hydroxylation is 1. The van der Waals surface area contributed by atoms with Crippen molar-refractivity contribution in [3.8, 4) is 17.2 Å². The summed E-state index contributed by atoms with van der Waals surface area (Å²) in [7, 11) is 5.80. The number of fused-ring (bicyclic) bond motifs is 1. The van der Waals surface area contributed by atoms with Gasteiger partial charge in [-0.05, 0) is 99.9 Å². The van der Waals surface area contributed by atoms with E-state index in [2.05, 4.69) is 47.2 Å². The minimum atomic E-state index is -0.177. The van der Waals surface area contributed by atoms with Gasteiger partial charge in [-0.3, -0.25) is 4.79 Å². The molecule has 0 aliphatic rings. The Hall–Kier alpha value is -3.77. The van der Waals surface area contributed by atoms with Gasteiger partial charge in [0.2, 0.25) is 0 Å².